The molecule has 1 aromatic rings. The van der Waals surface area contributed by atoms with E-state index in [9.17, 15) is 0 Å². The van der Waals surface area contributed by atoms with Crippen molar-refractivity contribution in [3.63, 3.8) is 0 Å². The first-order chi connectivity index (χ1) is 7.96. The fourth-order valence-corrected chi connectivity index (χ4v) is 3.06. The summed E-state index contributed by atoms with van der Waals surface area (Å²) in [4.78, 5) is 8.32. The van der Waals surface area contributed by atoms with Crippen molar-refractivity contribution in [3.8, 4) is 0 Å². The number of hydrogen-bond acceptors (Lipinski definition) is 4. The molecule has 2 rings (SSSR count). The Balaban J connectivity index is 1.96. The van der Waals surface area contributed by atoms with Crippen molar-refractivity contribution in [3.05, 3.63) is 11.1 Å². The van der Waals surface area contributed by atoms with E-state index in [4.69, 9.17) is 0 Å². The van der Waals surface area contributed by atoms with E-state index in [0.29, 0.717) is 6.04 Å². The molecule has 1 atom stereocenters. The molecule has 0 radical (unpaired) electrons. The van der Waals surface area contributed by atoms with Gasteiger partial charge in [0.1, 0.15) is 0 Å². The Morgan fingerprint density at radius 3 is 2.88 bits per heavy atom. The lowest BCUT2D eigenvalue weighted by molar-refractivity contribution is 0.426. The van der Waals surface area contributed by atoms with Gasteiger partial charge >= 0.3 is 0 Å². The summed E-state index contributed by atoms with van der Waals surface area (Å²) >= 11 is 1.83. The highest BCUT2D eigenvalue weighted by molar-refractivity contribution is 7.15. The number of thiazole rings is 1. The Bertz CT molecular complexity index is 367. The molecule has 0 aromatic carbocycles. The van der Waals surface area contributed by atoms with Gasteiger partial charge in [0, 0.05) is 35.7 Å². The van der Waals surface area contributed by atoms with Crippen LogP contribution in [0.15, 0.2) is 6.20 Å². The summed E-state index contributed by atoms with van der Waals surface area (Å²) in [5.41, 5.74) is 0.172. The fourth-order valence-electron chi connectivity index (χ4n) is 2.08. The molecule has 17 heavy (non-hydrogen) atoms. The Morgan fingerprint density at radius 2 is 2.29 bits per heavy atom. The summed E-state index contributed by atoms with van der Waals surface area (Å²) in [7, 11) is 0. The summed E-state index contributed by atoms with van der Waals surface area (Å²) in [5, 5.41) is 4.70. The van der Waals surface area contributed by atoms with Gasteiger partial charge in [0.05, 0.1) is 0 Å². The number of anilines is 1. The van der Waals surface area contributed by atoms with Gasteiger partial charge in [-0.3, -0.25) is 0 Å². The van der Waals surface area contributed by atoms with Gasteiger partial charge in [-0.25, -0.2) is 4.98 Å². The molecular weight excluding hydrogens is 230 g/mol. The van der Waals surface area contributed by atoms with Gasteiger partial charge in [-0.2, -0.15) is 0 Å². The molecule has 0 aliphatic carbocycles. The topological polar surface area (TPSA) is 28.2 Å². The maximum absolute atomic E-state index is 4.55. The van der Waals surface area contributed by atoms with Crippen molar-refractivity contribution in [1.82, 2.24) is 10.3 Å². The predicted molar refractivity (Wildman–Crippen MR) is 74.7 cm³/mol. The van der Waals surface area contributed by atoms with Gasteiger partial charge in [-0.1, -0.05) is 0 Å². The van der Waals surface area contributed by atoms with Crippen molar-refractivity contribution in [2.24, 2.45) is 0 Å². The van der Waals surface area contributed by atoms with E-state index >= 15 is 0 Å². The van der Waals surface area contributed by atoms with Crippen LogP contribution < -0.4 is 10.2 Å². The number of rotatable bonds is 3. The molecule has 1 N–H and O–H groups in total. The van der Waals surface area contributed by atoms with E-state index in [-0.39, 0.29) is 5.54 Å². The van der Waals surface area contributed by atoms with Gasteiger partial charge < -0.3 is 10.2 Å². The molecule has 4 heteroatoms. The molecule has 1 fully saturated rings. The largest absolute Gasteiger partial charge is 0.345 e. The molecular formula is C13H23N3S. The van der Waals surface area contributed by atoms with Crippen molar-refractivity contribution in [2.45, 2.75) is 58.7 Å². The molecule has 0 bridgehead atoms. The highest BCUT2D eigenvalue weighted by atomic mass is 32.1. The molecule has 1 aliphatic heterocycles. The smallest absolute Gasteiger partial charge is 0.185 e. The van der Waals surface area contributed by atoms with E-state index < -0.39 is 0 Å². The maximum atomic E-state index is 4.55. The standard InChI is InChI=1S/C13H23N3S/c1-10-6-5-7-16(10)12-14-8-11(17-12)9-15-13(2,3)4/h8,10,15H,5-7,9H2,1-4H3. The van der Waals surface area contributed by atoms with Crippen LogP contribution in [0.5, 0.6) is 0 Å². The van der Waals surface area contributed by atoms with Gasteiger partial charge in [-0.05, 0) is 40.5 Å². The predicted octanol–water partition coefficient (Wildman–Crippen LogP) is 3.02. The maximum Gasteiger partial charge on any atom is 0.185 e. The minimum Gasteiger partial charge on any atom is -0.345 e. The van der Waals surface area contributed by atoms with Crippen molar-refractivity contribution < 1.29 is 0 Å². The van der Waals surface area contributed by atoms with Gasteiger partial charge in [0.2, 0.25) is 0 Å². The Hall–Kier alpha value is -0.610. The van der Waals surface area contributed by atoms with Crippen LogP contribution in [0.2, 0.25) is 0 Å². The number of hydrogen-bond donors (Lipinski definition) is 1. The van der Waals surface area contributed by atoms with Gasteiger partial charge in [0.25, 0.3) is 0 Å². The molecule has 1 unspecified atom stereocenters. The van der Waals surface area contributed by atoms with E-state index in [1.807, 2.05) is 17.5 Å². The lowest BCUT2D eigenvalue weighted by Crippen LogP contribution is -2.34. The minimum atomic E-state index is 0.172. The van der Waals surface area contributed by atoms with Crippen LogP contribution >= 0.6 is 11.3 Å². The highest BCUT2D eigenvalue weighted by Gasteiger charge is 2.23. The van der Waals surface area contributed by atoms with Crippen LogP contribution in [0, 0.1) is 0 Å². The van der Waals surface area contributed by atoms with Crippen LogP contribution in [0.25, 0.3) is 0 Å². The van der Waals surface area contributed by atoms with E-state index in [1.165, 1.54) is 29.4 Å². The fraction of sp³-hybridized carbons (Fsp3) is 0.769. The molecule has 2 heterocycles. The summed E-state index contributed by atoms with van der Waals surface area (Å²) in [6, 6.07) is 0.657. The van der Waals surface area contributed by atoms with Crippen LogP contribution in [0.4, 0.5) is 5.13 Å². The summed E-state index contributed by atoms with van der Waals surface area (Å²) < 4.78 is 0. The first-order valence-corrected chi connectivity index (χ1v) is 7.24. The first kappa shape index (κ1) is 12.8. The van der Waals surface area contributed by atoms with Crippen LogP contribution in [0.3, 0.4) is 0 Å². The van der Waals surface area contributed by atoms with Crippen molar-refractivity contribution in [1.29, 1.82) is 0 Å². The second-order valence-corrected chi connectivity index (χ2v) is 6.99. The molecule has 96 valence electrons. The van der Waals surface area contributed by atoms with Crippen LogP contribution in [-0.4, -0.2) is 23.1 Å². The number of aromatic nitrogens is 1. The quantitative estimate of drug-likeness (QED) is 0.897. The summed E-state index contributed by atoms with van der Waals surface area (Å²) in [6.07, 6.45) is 4.62. The zero-order valence-corrected chi connectivity index (χ0v) is 12.1. The molecule has 0 spiro atoms. The summed E-state index contributed by atoms with van der Waals surface area (Å²) in [6.45, 7) is 11.0. The van der Waals surface area contributed by atoms with E-state index in [2.05, 4.69) is 42.9 Å². The second-order valence-electron chi connectivity index (χ2n) is 5.90. The molecule has 1 saturated heterocycles. The zero-order chi connectivity index (χ0) is 12.5. The second kappa shape index (κ2) is 4.94. The molecule has 1 aromatic heterocycles. The first-order valence-electron chi connectivity index (χ1n) is 6.42. The van der Waals surface area contributed by atoms with Gasteiger partial charge in [-0.15, -0.1) is 11.3 Å². The lowest BCUT2D eigenvalue weighted by atomic mass is 10.1. The monoisotopic (exact) mass is 253 g/mol. The third kappa shape index (κ3) is 3.42. The average Bonchev–Trinajstić information content (AvgIpc) is 2.81. The van der Waals surface area contributed by atoms with E-state index in [1.54, 1.807) is 0 Å². The normalized spacial score (nSPS) is 21.2. The highest BCUT2D eigenvalue weighted by Crippen LogP contribution is 2.29. The Morgan fingerprint density at radius 1 is 1.53 bits per heavy atom. The molecule has 0 saturated carbocycles. The third-order valence-corrected chi connectivity index (χ3v) is 4.17. The summed E-state index contributed by atoms with van der Waals surface area (Å²) in [5.74, 6) is 0. The van der Waals surface area contributed by atoms with Gasteiger partial charge in [0.15, 0.2) is 5.13 Å². The average molecular weight is 253 g/mol. The molecule has 0 amide bonds. The SMILES string of the molecule is CC1CCCN1c1ncc(CNC(C)(C)C)s1. The number of nitrogens with one attached hydrogen (secondary N) is 1. The van der Waals surface area contributed by atoms with E-state index in [0.717, 1.165) is 6.54 Å². The van der Waals surface area contributed by atoms with Crippen LogP contribution in [-0.2, 0) is 6.54 Å². The lowest BCUT2D eigenvalue weighted by Gasteiger charge is -2.20. The Kier molecular flexibility index (Phi) is 3.73. The van der Waals surface area contributed by atoms with Crippen LogP contribution in [0.1, 0.15) is 45.4 Å². The minimum absolute atomic E-state index is 0.172. The molecule has 3 nitrogen and oxygen atoms in total. The number of nitrogens with zero attached hydrogens (tertiary/aromatic N) is 2. The zero-order valence-electron chi connectivity index (χ0n) is 11.3. The van der Waals surface area contributed by atoms with Crippen molar-refractivity contribution in [2.75, 3.05) is 11.4 Å². The molecule has 1 aliphatic rings. The Labute approximate surface area is 108 Å². The third-order valence-electron chi connectivity index (χ3n) is 3.13. The van der Waals surface area contributed by atoms with Crippen molar-refractivity contribution >= 4 is 16.5 Å².